The van der Waals surface area contributed by atoms with E-state index in [0.717, 1.165) is 24.4 Å². The molecule has 2 atom stereocenters. The number of nitrogens with zero attached hydrogens (tertiary/aromatic N) is 2. The zero-order chi connectivity index (χ0) is 13.6. The molecule has 2 heterocycles. The summed E-state index contributed by atoms with van der Waals surface area (Å²) in [4.78, 5) is 9.29. The first kappa shape index (κ1) is 12.9. The fraction of sp³-hybridized carbons (Fsp3) is 0.375. The van der Waals surface area contributed by atoms with Gasteiger partial charge in [0.25, 0.3) is 0 Å². The van der Waals surface area contributed by atoms with Gasteiger partial charge in [0.2, 0.25) is 0 Å². The summed E-state index contributed by atoms with van der Waals surface area (Å²) in [5, 5.41) is 0. The Hall–Kier alpha value is -2.10. The van der Waals surface area contributed by atoms with E-state index in [9.17, 15) is 0 Å². The van der Waals surface area contributed by atoms with Gasteiger partial charge in [0.15, 0.2) is 0 Å². The van der Waals surface area contributed by atoms with Crippen molar-refractivity contribution in [2.45, 2.75) is 37.8 Å². The van der Waals surface area contributed by atoms with E-state index < -0.39 is 0 Å². The quantitative estimate of drug-likeness (QED) is 0.795. The third kappa shape index (κ3) is 3.26. The number of rotatable bonds is 4. The number of furan rings is 2. The summed E-state index contributed by atoms with van der Waals surface area (Å²) >= 11 is 0. The van der Waals surface area contributed by atoms with Gasteiger partial charge in [-0.2, -0.15) is 0 Å². The minimum atomic E-state index is 0.236. The summed E-state index contributed by atoms with van der Waals surface area (Å²) in [6.07, 6.45) is 11.5. The van der Waals surface area contributed by atoms with Crippen molar-refractivity contribution >= 4 is 12.4 Å². The van der Waals surface area contributed by atoms with E-state index >= 15 is 0 Å². The maximum absolute atomic E-state index is 5.28. The Kier molecular flexibility index (Phi) is 4.11. The fourth-order valence-corrected chi connectivity index (χ4v) is 2.51. The lowest BCUT2D eigenvalue weighted by Crippen LogP contribution is -2.27. The standard InChI is InChI=1S/C16H18N2O2/c1-2-8-16(18-12-14-6-4-10-20-14)15(7-1)17-11-13-5-3-9-19-13/h3-6,9-12,15-16H,1-2,7-8H2/t15-,16-/m1/s1. The molecule has 4 heteroatoms. The molecule has 0 aromatic carbocycles. The molecule has 20 heavy (non-hydrogen) atoms. The van der Waals surface area contributed by atoms with Gasteiger partial charge < -0.3 is 8.83 Å². The number of aliphatic imine (C=N–C) groups is 2. The van der Waals surface area contributed by atoms with Crippen molar-refractivity contribution in [3.63, 3.8) is 0 Å². The Balaban J connectivity index is 1.67. The molecule has 0 saturated heterocycles. The van der Waals surface area contributed by atoms with Crippen LogP contribution in [-0.2, 0) is 0 Å². The minimum absolute atomic E-state index is 0.236. The van der Waals surface area contributed by atoms with E-state index in [1.807, 2.05) is 36.7 Å². The predicted molar refractivity (Wildman–Crippen MR) is 78.6 cm³/mol. The molecule has 0 aliphatic heterocycles. The third-order valence-corrected chi connectivity index (χ3v) is 3.57. The monoisotopic (exact) mass is 270 g/mol. The normalized spacial score (nSPS) is 23.8. The molecule has 3 rings (SSSR count). The van der Waals surface area contributed by atoms with Crippen molar-refractivity contribution in [2.24, 2.45) is 9.98 Å². The van der Waals surface area contributed by atoms with Gasteiger partial charge in [0.05, 0.1) is 37.0 Å². The molecule has 4 nitrogen and oxygen atoms in total. The van der Waals surface area contributed by atoms with Gasteiger partial charge in [-0.3, -0.25) is 9.98 Å². The molecule has 1 aliphatic rings. The van der Waals surface area contributed by atoms with Crippen molar-refractivity contribution in [1.29, 1.82) is 0 Å². The predicted octanol–water partition coefficient (Wildman–Crippen LogP) is 3.72. The van der Waals surface area contributed by atoms with E-state index in [0.29, 0.717) is 0 Å². The Morgan fingerprint density at radius 3 is 1.75 bits per heavy atom. The molecular weight excluding hydrogens is 252 g/mol. The van der Waals surface area contributed by atoms with Crippen LogP contribution in [0, 0.1) is 0 Å². The zero-order valence-corrected chi connectivity index (χ0v) is 11.3. The van der Waals surface area contributed by atoms with E-state index in [1.54, 1.807) is 12.5 Å². The first-order valence-electron chi connectivity index (χ1n) is 7.05. The molecule has 2 aromatic heterocycles. The highest BCUT2D eigenvalue weighted by Crippen LogP contribution is 2.24. The number of hydrogen-bond donors (Lipinski definition) is 0. The maximum Gasteiger partial charge on any atom is 0.144 e. The van der Waals surface area contributed by atoms with Crippen molar-refractivity contribution in [2.75, 3.05) is 0 Å². The van der Waals surface area contributed by atoms with Crippen LogP contribution in [0.2, 0.25) is 0 Å². The highest BCUT2D eigenvalue weighted by atomic mass is 16.3. The van der Waals surface area contributed by atoms with Crippen molar-refractivity contribution in [3.05, 3.63) is 48.3 Å². The molecule has 1 saturated carbocycles. The van der Waals surface area contributed by atoms with Crippen molar-refractivity contribution < 1.29 is 8.83 Å². The SMILES string of the molecule is C(=N[C@@H]1CCCC[C@H]1N=Cc1ccco1)c1ccco1. The average Bonchev–Trinajstić information content (AvgIpc) is 3.17. The highest BCUT2D eigenvalue weighted by molar-refractivity contribution is 5.76. The topological polar surface area (TPSA) is 51.0 Å². The van der Waals surface area contributed by atoms with Gasteiger partial charge in [-0.25, -0.2) is 0 Å². The second-order valence-electron chi connectivity index (χ2n) is 5.01. The molecule has 1 aliphatic carbocycles. The van der Waals surface area contributed by atoms with E-state index in [-0.39, 0.29) is 12.1 Å². The molecule has 0 spiro atoms. The van der Waals surface area contributed by atoms with E-state index in [1.165, 1.54) is 12.8 Å². The van der Waals surface area contributed by atoms with Crippen LogP contribution in [0.4, 0.5) is 0 Å². The van der Waals surface area contributed by atoms with Crippen LogP contribution in [0.25, 0.3) is 0 Å². The fourth-order valence-electron chi connectivity index (χ4n) is 2.51. The van der Waals surface area contributed by atoms with Crippen LogP contribution in [0.5, 0.6) is 0 Å². The smallest absolute Gasteiger partial charge is 0.144 e. The molecular formula is C16H18N2O2. The molecule has 104 valence electrons. The van der Waals surface area contributed by atoms with Gasteiger partial charge in [0, 0.05) is 0 Å². The zero-order valence-electron chi connectivity index (χ0n) is 11.3. The first-order valence-corrected chi connectivity index (χ1v) is 7.05. The van der Waals surface area contributed by atoms with Crippen LogP contribution in [0.1, 0.15) is 37.2 Å². The highest BCUT2D eigenvalue weighted by Gasteiger charge is 2.23. The second kappa shape index (κ2) is 6.37. The molecule has 1 fully saturated rings. The Morgan fingerprint density at radius 1 is 0.850 bits per heavy atom. The van der Waals surface area contributed by atoms with Crippen molar-refractivity contribution in [3.8, 4) is 0 Å². The summed E-state index contributed by atoms with van der Waals surface area (Å²) < 4.78 is 10.6. The van der Waals surface area contributed by atoms with Gasteiger partial charge in [-0.1, -0.05) is 12.8 Å². The Morgan fingerprint density at radius 2 is 1.35 bits per heavy atom. The Bertz CT molecular complexity index is 503. The van der Waals surface area contributed by atoms with E-state index in [2.05, 4.69) is 9.98 Å². The average molecular weight is 270 g/mol. The second-order valence-corrected chi connectivity index (χ2v) is 5.01. The number of hydrogen-bond acceptors (Lipinski definition) is 4. The van der Waals surface area contributed by atoms with Crippen molar-refractivity contribution in [1.82, 2.24) is 0 Å². The first-order chi connectivity index (χ1) is 9.92. The van der Waals surface area contributed by atoms with Crippen LogP contribution < -0.4 is 0 Å². The van der Waals surface area contributed by atoms with Gasteiger partial charge in [-0.15, -0.1) is 0 Å². The lowest BCUT2D eigenvalue weighted by Gasteiger charge is -2.25. The van der Waals surface area contributed by atoms with Crippen LogP contribution in [0.15, 0.2) is 55.6 Å². The van der Waals surface area contributed by atoms with Crippen LogP contribution in [0.3, 0.4) is 0 Å². The molecule has 0 amide bonds. The molecule has 2 aromatic rings. The summed E-state index contributed by atoms with van der Waals surface area (Å²) in [6, 6.07) is 8.03. The molecule has 0 bridgehead atoms. The van der Waals surface area contributed by atoms with Gasteiger partial charge in [-0.05, 0) is 37.1 Å². The van der Waals surface area contributed by atoms with Gasteiger partial charge >= 0.3 is 0 Å². The third-order valence-electron chi connectivity index (χ3n) is 3.57. The lowest BCUT2D eigenvalue weighted by molar-refractivity contribution is 0.389. The molecule has 0 radical (unpaired) electrons. The summed E-state index contributed by atoms with van der Waals surface area (Å²) in [5.41, 5.74) is 0. The summed E-state index contributed by atoms with van der Waals surface area (Å²) in [7, 11) is 0. The summed E-state index contributed by atoms with van der Waals surface area (Å²) in [5.74, 6) is 1.59. The largest absolute Gasteiger partial charge is 0.463 e. The van der Waals surface area contributed by atoms with Gasteiger partial charge in [0.1, 0.15) is 11.5 Å². The maximum atomic E-state index is 5.28. The molecule has 0 N–H and O–H groups in total. The summed E-state index contributed by atoms with van der Waals surface area (Å²) in [6.45, 7) is 0. The Labute approximate surface area is 118 Å². The molecule has 0 unspecified atom stereocenters. The minimum Gasteiger partial charge on any atom is -0.463 e. The lowest BCUT2D eigenvalue weighted by atomic mass is 9.91. The van der Waals surface area contributed by atoms with E-state index in [4.69, 9.17) is 8.83 Å². The van der Waals surface area contributed by atoms with Crippen LogP contribution in [-0.4, -0.2) is 24.5 Å². The van der Waals surface area contributed by atoms with Crippen LogP contribution >= 0.6 is 0 Å².